The number of nitrogens with one attached hydrogen (secondary N) is 1. The molecule has 0 saturated carbocycles. The van der Waals surface area contributed by atoms with Crippen LogP contribution < -0.4 is 10.1 Å². The zero-order valence-electron chi connectivity index (χ0n) is 18.3. The van der Waals surface area contributed by atoms with Crippen molar-refractivity contribution in [2.75, 3.05) is 5.32 Å². The van der Waals surface area contributed by atoms with Crippen LogP contribution in [0, 0.1) is 38.9 Å². The van der Waals surface area contributed by atoms with Gasteiger partial charge in [0.2, 0.25) is 0 Å². The first-order valence-corrected chi connectivity index (χ1v) is 11.9. The number of rotatable bonds is 7. The van der Waals surface area contributed by atoms with Gasteiger partial charge in [0.15, 0.2) is 0 Å². The Labute approximate surface area is 218 Å². The Bertz CT molecular complexity index is 1330. The molecule has 0 aliphatic heterocycles. The molecule has 0 radical (unpaired) electrons. The fraction of sp³-hybridized carbons (Fsp3) is 0.120. The van der Waals surface area contributed by atoms with Crippen molar-refractivity contribution in [2.45, 2.75) is 20.5 Å². The van der Waals surface area contributed by atoms with Crippen LogP contribution in [0.2, 0.25) is 0 Å². The summed E-state index contributed by atoms with van der Waals surface area (Å²) >= 11 is 5.58. The molecule has 0 aromatic heterocycles. The van der Waals surface area contributed by atoms with Gasteiger partial charge in [-0.3, -0.25) is 14.9 Å². The molecule has 0 fully saturated rings. The Kier molecular flexibility index (Phi) is 8.41. The highest BCUT2D eigenvalue weighted by molar-refractivity contribution is 14.1. The molecule has 172 valence electrons. The number of nitro benzene ring substituents is 1. The number of non-ortho nitro benzene ring substituents is 1. The van der Waals surface area contributed by atoms with E-state index in [0.29, 0.717) is 27.0 Å². The predicted molar refractivity (Wildman–Crippen MR) is 142 cm³/mol. The van der Waals surface area contributed by atoms with E-state index < -0.39 is 10.8 Å². The van der Waals surface area contributed by atoms with E-state index in [-0.39, 0.29) is 17.9 Å². The van der Waals surface area contributed by atoms with E-state index in [2.05, 4.69) is 43.8 Å². The summed E-state index contributed by atoms with van der Waals surface area (Å²) in [5, 5.41) is 23.3. The van der Waals surface area contributed by atoms with Gasteiger partial charge < -0.3 is 10.1 Å². The average molecular weight is 632 g/mol. The van der Waals surface area contributed by atoms with E-state index in [9.17, 15) is 20.2 Å². The molecule has 3 aromatic rings. The number of nitrogens with zero attached hydrogens (tertiary/aromatic N) is 2. The summed E-state index contributed by atoms with van der Waals surface area (Å²) in [5.74, 6) is 0.0657. The Hall–Kier alpha value is -3.23. The summed E-state index contributed by atoms with van der Waals surface area (Å²) in [6.07, 6.45) is 1.51. The number of hydrogen-bond acceptors (Lipinski definition) is 5. The maximum Gasteiger partial charge on any atom is 0.269 e. The van der Waals surface area contributed by atoms with Crippen LogP contribution in [0.25, 0.3) is 6.08 Å². The molecule has 0 atom stereocenters. The third-order valence-electron chi connectivity index (χ3n) is 4.84. The smallest absolute Gasteiger partial charge is 0.269 e. The third kappa shape index (κ3) is 6.42. The van der Waals surface area contributed by atoms with Crippen molar-refractivity contribution >= 4 is 61.9 Å². The molecule has 7 nitrogen and oxygen atoms in total. The maximum atomic E-state index is 12.7. The van der Waals surface area contributed by atoms with Gasteiger partial charge in [0.05, 0.1) is 13.0 Å². The second kappa shape index (κ2) is 11.3. The molecular weight excluding hydrogens is 613 g/mol. The third-order valence-corrected chi connectivity index (χ3v) is 6.23. The minimum Gasteiger partial charge on any atom is -0.487 e. The molecule has 0 unspecified atom stereocenters. The van der Waals surface area contributed by atoms with Gasteiger partial charge in [-0.15, -0.1) is 0 Å². The lowest BCUT2D eigenvalue weighted by atomic mass is 10.1. The quantitative estimate of drug-likeness (QED) is 0.103. The Morgan fingerprint density at radius 1 is 1.24 bits per heavy atom. The van der Waals surface area contributed by atoms with Gasteiger partial charge in [0.1, 0.15) is 24.0 Å². The molecule has 0 aliphatic carbocycles. The molecule has 3 aromatic carbocycles. The number of carbonyl (C=O) groups is 1. The van der Waals surface area contributed by atoms with Gasteiger partial charge in [-0.25, -0.2) is 0 Å². The number of hydrogen-bond donors (Lipinski definition) is 1. The standard InChI is InChI=1S/C25H19BrIN3O4/c1-15-6-7-16(2)23(8-15)29-25(31)19(13-28)9-18-11-21(26)24(22(27)12-18)34-14-17-4-3-5-20(10-17)30(32)33/h3-12H,14H2,1-2H3,(H,29,31)/b19-9+. The number of nitriles is 1. The number of carbonyl (C=O) groups excluding carboxylic acids is 1. The molecule has 0 heterocycles. The highest BCUT2D eigenvalue weighted by atomic mass is 127. The second-order valence-corrected chi connectivity index (χ2v) is 9.49. The zero-order valence-corrected chi connectivity index (χ0v) is 22.0. The van der Waals surface area contributed by atoms with Gasteiger partial charge in [-0.05, 0) is 98.9 Å². The Morgan fingerprint density at radius 2 is 2.00 bits per heavy atom. The van der Waals surface area contributed by atoms with Crippen molar-refractivity contribution < 1.29 is 14.5 Å². The van der Waals surface area contributed by atoms with Crippen molar-refractivity contribution in [3.8, 4) is 11.8 Å². The zero-order chi connectivity index (χ0) is 24.8. The highest BCUT2D eigenvalue weighted by Crippen LogP contribution is 2.33. The van der Waals surface area contributed by atoms with Crippen LogP contribution in [0.1, 0.15) is 22.3 Å². The molecule has 0 bridgehead atoms. The normalized spacial score (nSPS) is 11.0. The topological polar surface area (TPSA) is 105 Å². The van der Waals surface area contributed by atoms with Crippen LogP contribution in [0.4, 0.5) is 11.4 Å². The van der Waals surface area contributed by atoms with Crippen LogP contribution in [-0.2, 0) is 11.4 Å². The van der Waals surface area contributed by atoms with Crippen LogP contribution >= 0.6 is 38.5 Å². The highest BCUT2D eigenvalue weighted by Gasteiger charge is 2.14. The van der Waals surface area contributed by atoms with Crippen molar-refractivity contribution in [1.29, 1.82) is 5.26 Å². The first kappa shape index (κ1) is 25.4. The largest absolute Gasteiger partial charge is 0.487 e. The molecule has 9 heteroatoms. The van der Waals surface area contributed by atoms with E-state index in [1.54, 1.807) is 24.3 Å². The summed E-state index contributed by atoms with van der Waals surface area (Å²) in [5.41, 5.74) is 3.84. The van der Waals surface area contributed by atoms with E-state index in [1.165, 1.54) is 18.2 Å². The number of halogens is 2. The minimum absolute atomic E-state index is 0.00138. The summed E-state index contributed by atoms with van der Waals surface area (Å²) in [7, 11) is 0. The minimum atomic E-state index is -0.492. The molecular formula is C25H19BrIN3O4. The van der Waals surface area contributed by atoms with Gasteiger partial charge in [0, 0.05) is 17.8 Å². The van der Waals surface area contributed by atoms with E-state index >= 15 is 0 Å². The summed E-state index contributed by atoms with van der Waals surface area (Å²) in [6, 6.07) is 17.5. The number of aryl methyl sites for hydroxylation is 2. The number of nitro groups is 1. The van der Waals surface area contributed by atoms with Gasteiger partial charge >= 0.3 is 0 Å². The SMILES string of the molecule is Cc1ccc(C)c(NC(=O)/C(C#N)=C/c2cc(Br)c(OCc3cccc([N+](=O)[O-])c3)c(I)c2)c1. The first-order chi connectivity index (χ1) is 16.2. The van der Waals surface area contributed by atoms with E-state index in [4.69, 9.17) is 4.74 Å². The van der Waals surface area contributed by atoms with Crippen molar-refractivity contribution in [1.82, 2.24) is 0 Å². The number of benzene rings is 3. The molecule has 1 amide bonds. The predicted octanol–water partition coefficient (Wildman–Crippen LogP) is 6.70. The average Bonchev–Trinajstić information content (AvgIpc) is 2.79. The van der Waals surface area contributed by atoms with E-state index in [1.807, 2.05) is 38.1 Å². The summed E-state index contributed by atoms with van der Waals surface area (Å²) in [4.78, 5) is 23.2. The van der Waals surface area contributed by atoms with Crippen molar-refractivity contribution in [3.05, 3.63) is 101 Å². The van der Waals surface area contributed by atoms with Crippen molar-refractivity contribution in [3.63, 3.8) is 0 Å². The first-order valence-electron chi connectivity index (χ1n) is 10.0. The van der Waals surface area contributed by atoms with E-state index in [0.717, 1.165) is 14.7 Å². The maximum absolute atomic E-state index is 12.7. The number of anilines is 1. The lowest BCUT2D eigenvalue weighted by molar-refractivity contribution is -0.384. The fourth-order valence-electron chi connectivity index (χ4n) is 3.09. The van der Waals surface area contributed by atoms with Crippen molar-refractivity contribution in [2.24, 2.45) is 0 Å². The lowest BCUT2D eigenvalue weighted by Crippen LogP contribution is -2.14. The van der Waals surface area contributed by atoms with Gasteiger partial charge in [-0.1, -0.05) is 24.3 Å². The lowest BCUT2D eigenvalue weighted by Gasteiger charge is -2.12. The molecule has 0 saturated heterocycles. The molecule has 0 spiro atoms. The molecule has 3 rings (SSSR count). The van der Waals surface area contributed by atoms with Crippen LogP contribution in [0.15, 0.2) is 64.6 Å². The second-order valence-electron chi connectivity index (χ2n) is 7.47. The number of ether oxygens (including phenoxy) is 1. The Balaban J connectivity index is 1.79. The molecule has 1 N–H and O–H groups in total. The number of amides is 1. The fourth-order valence-corrected chi connectivity index (χ4v) is 4.86. The van der Waals surface area contributed by atoms with Crippen LogP contribution in [0.3, 0.4) is 0 Å². The molecule has 34 heavy (non-hydrogen) atoms. The van der Waals surface area contributed by atoms with Crippen LogP contribution in [-0.4, -0.2) is 10.8 Å². The van der Waals surface area contributed by atoms with Crippen LogP contribution in [0.5, 0.6) is 5.75 Å². The molecule has 0 aliphatic rings. The van der Waals surface area contributed by atoms with Gasteiger partial charge in [-0.2, -0.15) is 5.26 Å². The monoisotopic (exact) mass is 631 g/mol. The van der Waals surface area contributed by atoms with Gasteiger partial charge in [0.25, 0.3) is 11.6 Å². The summed E-state index contributed by atoms with van der Waals surface area (Å²) in [6.45, 7) is 3.96. The summed E-state index contributed by atoms with van der Waals surface area (Å²) < 4.78 is 7.26. The Morgan fingerprint density at radius 3 is 2.68 bits per heavy atom.